The molecular formula is C13H21N5O2. The van der Waals surface area contributed by atoms with E-state index in [1.807, 2.05) is 18.7 Å². The summed E-state index contributed by atoms with van der Waals surface area (Å²) in [6.07, 6.45) is 2.58. The Morgan fingerprint density at radius 2 is 2.45 bits per heavy atom. The Morgan fingerprint density at radius 3 is 3.20 bits per heavy atom. The molecule has 2 heterocycles. The molecule has 110 valence electrons. The predicted octanol–water partition coefficient (Wildman–Crippen LogP) is 0.0986. The molecule has 1 aliphatic rings. The van der Waals surface area contributed by atoms with Gasteiger partial charge in [0.15, 0.2) is 0 Å². The van der Waals surface area contributed by atoms with E-state index in [-0.39, 0.29) is 17.9 Å². The zero-order chi connectivity index (χ0) is 14.5. The number of amides is 1. The fourth-order valence-electron chi connectivity index (χ4n) is 2.18. The van der Waals surface area contributed by atoms with Crippen LogP contribution >= 0.6 is 0 Å². The third-order valence-electron chi connectivity index (χ3n) is 3.22. The molecule has 20 heavy (non-hydrogen) atoms. The van der Waals surface area contributed by atoms with Gasteiger partial charge >= 0.3 is 0 Å². The molecule has 0 saturated carbocycles. The number of carbonyl (C=O) groups excluding carboxylic acids is 1. The SMILES string of the molecule is CCCNC(=O)C1COCCN1c1nc(N)ncc1C. The van der Waals surface area contributed by atoms with Gasteiger partial charge < -0.3 is 20.7 Å². The second kappa shape index (κ2) is 6.51. The Hall–Kier alpha value is -1.89. The highest BCUT2D eigenvalue weighted by Crippen LogP contribution is 2.21. The lowest BCUT2D eigenvalue weighted by Crippen LogP contribution is -2.54. The maximum absolute atomic E-state index is 12.2. The molecule has 0 spiro atoms. The molecule has 0 bridgehead atoms. The normalized spacial score (nSPS) is 18.9. The van der Waals surface area contributed by atoms with Crippen molar-refractivity contribution >= 4 is 17.7 Å². The number of anilines is 2. The van der Waals surface area contributed by atoms with E-state index in [0.29, 0.717) is 32.1 Å². The van der Waals surface area contributed by atoms with Crippen LogP contribution in [0.25, 0.3) is 0 Å². The van der Waals surface area contributed by atoms with Crippen molar-refractivity contribution in [3.05, 3.63) is 11.8 Å². The van der Waals surface area contributed by atoms with E-state index >= 15 is 0 Å². The van der Waals surface area contributed by atoms with Gasteiger partial charge in [0.1, 0.15) is 11.9 Å². The smallest absolute Gasteiger partial charge is 0.245 e. The molecule has 2 rings (SSSR count). The maximum atomic E-state index is 12.2. The van der Waals surface area contributed by atoms with E-state index in [1.54, 1.807) is 6.20 Å². The predicted molar refractivity (Wildman–Crippen MR) is 76.4 cm³/mol. The van der Waals surface area contributed by atoms with Gasteiger partial charge in [0.2, 0.25) is 11.9 Å². The van der Waals surface area contributed by atoms with Crippen molar-refractivity contribution in [2.75, 3.05) is 36.9 Å². The van der Waals surface area contributed by atoms with Crippen LogP contribution in [0.1, 0.15) is 18.9 Å². The first kappa shape index (κ1) is 14.5. The van der Waals surface area contributed by atoms with E-state index in [2.05, 4.69) is 15.3 Å². The molecule has 0 aromatic carbocycles. The summed E-state index contributed by atoms with van der Waals surface area (Å²) in [4.78, 5) is 22.4. The summed E-state index contributed by atoms with van der Waals surface area (Å²) >= 11 is 0. The van der Waals surface area contributed by atoms with Gasteiger partial charge in [0.25, 0.3) is 0 Å². The van der Waals surface area contributed by atoms with Crippen molar-refractivity contribution in [2.45, 2.75) is 26.3 Å². The summed E-state index contributed by atoms with van der Waals surface area (Å²) in [7, 11) is 0. The summed E-state index contributed by atoms with van der Waals surface area (Å²) in [5.74, 6) is 0.880. The van der Waals surface area contributed by atoms with Crippen LogP contribution in [0.4, 0.5) is 11.8 Å². The molecule has 0 aliphatic carbocycles. The second-order valence-corrected chi connectivity index (χ2v) is 4.81. The minimum absolute atomic E-state index is 0.0388. The summed E-state index contributed by atoms with van der Waals surface area (Å²) in [6, 6.07) is -0.372. The molecule has 1 aliphatic heterocycles. The molecule has 1 fully saturated rings. The first-order chi connectivity index (χ1) is 9.63. The lowest BCUT2D eigenvalue weighted by Gasteiger charge is -2.36. The van der Waals surface area contributed by atoms with Crippen molar-refractivity contribution in [3.8, 4) is 0 Å². The zero-order valence-corrected chi connectivity index (χ0v) is 11.9. The number of aryl methyl sites for hydroxylation is 1. The average molecular weight is 279 g/mol. The van der Waals surface area contributed by atoms with Gasteiger partial charge in [-0.1, -0.05) is 6.92 Å². The Bertz CT molecular complexity index is 480. The summed E-state index contributed by atoms with van der Waals surface area (Å²) in [5.41, 5.74) is 6.55. The van der Waals surface area contributed by atoms with E-state index in [0.717, 1.165) is 12.0 Å². The molecule has 1 amide bonds. The van der Waals surface area contributed by atoms with Crippen molar-refractivity contribution in [2.24, 2.45) is 0 Å². The first-order valence-corrected chi connectivity index (χ1v) is 6.84. The van der Waals surface area contributed by atoms with Crippen molar-refractivity contribution in [1.82, 2.24) is 15.3 Å². The van der Waals surface area contributed by atoms with Crippen LogP contribution in [0.15, 0.2) is 6.20 Å². The molecule has 3 N–H and O–H groups in total. The average Bonchev–Trinajstić information content (AvgIpc) is 2.47. The zero-order valence-electron chi connectivity index (χ0n) is 11.9. The summed E-state index contributed by atoms with van der Waals surface area (Å²) < 4.78 is 5.43. The van der Waals surface area contributed by atoms with Gasteiger partial charge in [0.05, 0.1) is 13.2 Å². The number of aromatic nitrogens is 2. The minimum Gasteiger partial charge on any atom is -0.377 e. The number of nitrogens with one attached hydrogen (secondary N) is 1. The van der Waals surface area contributed by atoms with E-state index < -0.39 is 0 Å². The molecule has 1 saturated heterocycles. The van der Waals surface area contributed by atoms with E-state index in [9.17, 15) is 4.79 Å². The van der Waals surface area contributed by atoms with Crippen LogP contribution in [-0.4, -0.2) is 48.2 Å². The van der Waals surface area contributed by atoms with Crippen LogP contribution in [0, 0.1) is 6.92 Å². The molecule has 7 heteroatoms. The fourth-order valence-corrected chi connectivity index (χ4v) is 2.18. The standard InChI is InChI=1S/C13H21N5O2/c1-3-4-15-12(19)10-8-20-6-5-18(10)11-9(2)7-16-13(14)17-11/h7,10H,3-6,8H2,1-2H3,(H,15,19)(H2,14,16,17). The van der Waals surface area contributed by atoms with E-state index in [1.165, 1.54) is 0 Å². The molecule has 1 unspecified atom stereocenters. The van der Waals surface area contributed by atoms with Gasteiger partial charge in [-0.25, -0.2) is 4.98 Å². The third-order valence-corrected chi connectivity index (χ3v) is 3.22. The number of hydrogen-bond donors (Lipinski definition) is 2. The number of nitrogens with two attached hydrogens (primary N) is 1. The van der Waals surface area contributed by atoms with Crippen LogP contribution in [0.2, 0.25) is 0 Å². The quantitative estimate of drug-likeness (QED) is 0.812. The Balaban J connectivity index is 2.22. The van der Waals surface area contributed by atoms with Crippen LogP contribution in [-0.2, 0) is 9.53 Å². The van der Waals surface area contributed by atoms with Crippen LogP contribution in [0.3, 0.4) is 0 Å². The lowest BCUT2D eigenvalue weighted by atomic mass is 10.2. The molecular weight excluding hydrogens is 258 g/mol. The summed E-state index contributed by atoms with van der Waals surface area (Å²) in [5, 5.41) is 2.90. The first-order valence-electron chi connectivity index (χ1n) is 6.84. The number of nitrogens with zero attached hydrogens (tertiary/aromatic N) is 3. The summed E-state index contributed by atoms with van der Waals surface area (Å²) in [6.45, 7) is 6.13. The third kappa shape index (κ3) is 3.16. The van der Waals surface area contributed by atoms with Gasteiger partial charge in [-0.05, 0) is 13.3 Å². The van der Waals surface area contributed by atoms with E-state index in [4.69, 9.17) is 10.5 Å². The van der Waals surface area contributed by atoms with Crippen molar-refractivity contribution in [3.63, 3.8) is 0 Å². The number of ether oxygens (including phenoxy) is 1. The van der Waals surface area contributed by atoms with Gasteiger partial charge in [-0.2, -0.15) is 4.98 Å². The number of carbonyl (C=O) groups is 1. The second-order valence-electron chi connectivity index (χ2n) is 4.81. The van der Waals surface area contributed by atoms with Gasteiger partial charge in [-0.15, -0.1) is 0 Å². The fraction of sp³-hybridized carbons (Fsp3) is 0.615. The van der Waals surface area contributed by atoms with Gasteiger partial charge in [-0.3, -0.25) is 4.79 Å². The minimum atomic E-state index is -0.372. The lowest BCUT2D eigenvalue weighted by molar-refractivity contribution is -0.124. The molecule has 1 aromatic heterocycles. The topological polar surface area (TPSA) is 93.4 Å². The maximum Gasteiger partial charge on any atom is 0.245 e. The Kier molecular flexibility index (Phi) is 4.73. The van der Waals surface area contributed by atoms with Crippen LogP contribution < -0.4 is 16.0 Å². The molecule has 7 nitrogen and oxygen atoms in total. The Morgan fingerprint density at radius 1 is 1.65 bits per heavy atom. The van der Waals surface area contributed by atoms with Crippen molar-refractivity contribution < 1.29 is 9.53 Å². The highest BCUT2D eigenvalue weighted by molar-refractivity contribution is 5.85. The molecule has 1 aromatic rings. The molecule has 0 radical (unpaired) electrons. The molecule has 1 atom stereocenters. The number of nitrogen functional groups attached to an aromatic ring is 1. The number of hydrogen-bond acceptors (Lipinski definition) is 6. The monoisotopic (exact) mass is 279 g/mol. The highest BCUT2D eigenvalue weighted by atomic mass is 16.5. The van der Waals surface area contributed by atoms with Gasteiger partial charge in [0, 0.05) is 24.8 Å². The number of morpholine rings is 1. The number of rotatable bonds is 4. The largest absolute Gasteiger partial charge is 0.377 e. The van der Waals surface area contributed by atoms with Crippen molar-refractivity contribution in [1.29, 1.82) is 0 Å². The van der Waals surface area contributed by atoms with Crippen LogP contribution in [0.5, 0.6) is 0 Å². The Labute approximate surface area is 118 Å². The highest BCUT2D eigenvalue weighted by Gasteiger charge is 2.31.